The molecule has 7 nitrogen and oxygen atoms in total. The van der Waals surface area contributed by atoms with Gasteiger partial charge in [-0.15, -0.1) is 0 Å². The van der Waals surface area contributed by atoms with Crippen LogP contribution in [0.2, 0.25) is 0 Å². The Bertz CT molecular complexity index is 1400. The topological polar surface area (TPSA) is 82.3 Å². The Labute approximate surface area is 228 Å². The van der Waals surface area contributed by atoms with E-state index in [1.807, 2.05) is 37.9 Å². The number of carbonyl (C=O) groups excluding carboxylic acids is 1. The summed E-state index contributed by atoms with van der Waals surface area (Å²) in [6, 6.07) is 10.5. The lowest BCUT2D eigenvalue weighted by Gasteiger charge is -2.35. The van der Waals surface area contributed by atoms with Crippen molar-refractivity contribution in [2.45, 2.75) is 39.7 Å². The average molecular weight is 534 g/mol. The zero-order valence-corrected chi connectivity index (χ0v) is 22.8. The zero-order valence-electron chi connectivity index (χ0n) is 22.8. The summed E-state index contributed by atoms with van der Waals surface area (Å²) in [5.74, 6) is -0.227. The molecule has 204 valence electrons. The van der Waals surface area contributed by atoms with E-state index in [0.29, 0.717) is 67.3 Å². The first-order chi connectivity index (χ1) is 18.8. The van der Waals surface area contributed by atoms with Crippen molar-refractivity contribution in [2.75, 3.05) is 40.0 Å². The number of aryl methyl sites for hydroxylation is 1. The lowest BCUT2D eigenvalue weighted by atomic mass is 9.86. The Morgan fingerprint density at radius 3 is 2.67 bits per heavy atom. The molecule has 9 heteroatoms. The fourth-order valence-electron chi connectivity index (χ4n) is 5.02. The Balaban J connectivity index is 1.73. The summed E-state index contributed by atoms with van der Waals surface area (Å²) in [6.07, 6.45) is 2.71. The molecular weight excluding hydrogens is 500 g/mol. The molecule has 3 heterocycles. The molecule has 1 aromatic carbocycles. The van der Waals surface area contributed by atoms with Crippen LogP contribution in [0, 0.1) is 24.2 Å². The van der Waals surface area contributed by atoms with E-state index < -0.39 is 12.6 Å². The zero-order chi connectivity index (χ0) is 28.1. The number of likely N-dealkylation sites (N-methyl/N-ethyl adjacent to an activating group) is 1. The van der Waals surface area contributed by atoms with Gasteiger partial charge in [-0.25, -0.2) is 9.37 Å². The number of pyridine rings is 2. The number of halogens is 2. The molecule has 0 aliphatic carbocycles. The number of carbonyl (C=O) groups is 1. The molecule has 0 fully saturated rings. The molecule has 0 spiro atoms. The van der Waals surface area contributed by atoms with Crippen molar-refractivity contribution >= 4 is 5.91 Å². The molecule has 39 heavy (non-hydrogen) atoms. The number of ether oxygens (including phenoxy) is 1. The summed E-state index contributed by atoms with van der Waals surface area (Å²) in [5.41, 5.74) is 5.64. The van der Waals surface area contributed by atoms with Crippen LogP contribution in [0.4, 0.5) is 8.78 Å². The minimum Gasteiger partial charge on any atom is -0.492 e. The molecule has 0 bridgehead atoms. The van der Waals surface area contributed by atoms with Crippen LogP contribution < -0.4 is 4.74 Å². The van der Waals surface area contributed by atoms with Crippen molar-refractivity contribution in [2.24, 2.45) is 0 Å². The number of rotatable bonds is 10. The molecule has 1 unspecified atom stereocenters. The molecule has 1 aliphatic rings. The van der Waals surface area contributed by atoms with Crippen LogP contribution in [0.25, 0.3) is 11.1 Å². The van der Waals surface area contributed by atoms with Crippen LogP contribution >= 0.6 is 0 Å². The van der Waals surface area contributed by atoms with Crippen molar-refractivity contribution in [3.05, 3.63) is 76.1 Å². The molecule has 4 rings (SSSR count). The second-order valence-electron chi connectivity index (χ2n) is 9.75. The Kier molecular flexibility index (Phi) is 8.87. The van der Waals surface area contributed by atoms with Gasteiger partial charge in [0, 0.05) is 48.7 Å². The second kappa shape index (κ2) is 12.3. The summed E-state index contributed by atoms with van der Waals surface area (Å²) in [6.45, 7) is 6.95. The van der Waals surface area contributed by atoms with Crippen LogP contribution in [0.1, 0.15) is 58.3 Å². The maximum atomic E-state index is 14.0. The van der Waals surface area contributed by atoms with E-state index in [1.54, 1.807) is 24.0 Å². The van der Waals surface area contributed by atoms with E-state index in [0.717, 1.165) is 22.3 Å². The van der Waals surface area contributed by atoms with Gasteiger partial charge in [0.15, 0.2) is 0 Å². The van der Waals surface area contributed by atoms with E-state index in [4.69, 9.17) is 4.74 Å². The van der Waals surface area contributed by atoms with Gasteiger partial charge in [-0.1, -0.05) is 6.07 Å². The smallest absolute Gasteiger partial charge is 0.254 e. The lowest BCUT2D eigenvalue weighted by Crippen LogP contribution is -2.40. The molecule has 0 N–H and O–H groups in total. The third-order valence-corrected chi connectivity index (χ3v) is 7.20. The highest BCUT2D eigenvalue weighted by molar-refractivity contribution is 5.99. The summed E-state index contributed by atoms with van der Waals surface area (Å²) in [5, 5.41) is 9.38. The van der Waals surface area contributed by atoms with Gasteiger partial charge >= 0.3 is 0 Å². The minimum absolute atomic E-state index is 0.124. The number of nitrogens with zero attached hydrogens (tertiary/aromatic N) is 5. The number of fused-ring (bicyclic) bond motifs is 1. The Morgan fingerprint density at radius 2 is 1.97 bits per heavy atom. The van der Waals surface area contributed by atoms with Crippen molar-refractivity contribution in [1.29, 1.82) is 5.26 Å². The summed E-state index contributed by atoms with van der Waals surface area (Å²) in [7, 11) is 1.86. The molecule has 0 radical (unpaired) electrons. The summed E-state index contributed by atoms with van der Waals surface area (Å²) >= 11 is 0. The highest BCUT2D eigenvalue weighted by atomic mass is 19.1. The predicted molar refractivity (Wildman–Crippen MR) is 145 cm³/mol. The normalized spacial score (nSPS) is 13.8. The van der Waals surface area contributed by atoms with Gasteiger partial charge in [0.25, 0.3) is 5.91 Å². The third kappa shape index (κ3) is 6.07. The van der Waals surface area contributed by atoms with Crippen LogP contribution in [0.3, 0.4) is 0 Å². The van der Waals surface area contributed by atoms with E-state index >= 15 is 0 Å². The van der Waals surface area contributed by atoms with Crippen LogP contribution in [0.5, 0.6) is 5.75 Å². The fraction of sp³-hybridized carbons (Fsp3) is 0.400. The molecule has 1 aliphatic heterocycles. The summed E-state index contributed by atoms with van der Waals surface area (Å²) < 4.78 is 32.3. The number of amides is 1. The van der Waals surface area contributed by atoms with Crippen molar-refractivity contribution in [3.63, 3.8) is 0 Å². The van der Waals surface area contributed by atoms with Crippen LogP contribution in [0.15, 0.2) is 36.5 Å². The van der Waals surface area contributed by atoms with E-state index in [2.05, 4.69) is 16.0 Å². The largest absolute Gasteiger partial charge is 0.492 e. The van der Waals surface area contributed by atoms with Crippen molar-refractivity contribution in [1.82, 2.24) is 19.8 Å². The highest BCUT2D eigenvalue weighted by Gasteiger charge is 2.32. The van der Waals surface area contributed by atoms with E-state index in [-0.39, 0.29) is 11.9 Å². The van der Waals surface area contributed by atoms with Crippen LogP contribution in [-0.4, -0.2) is 65.6 Å². The molecule has 2 aromatic heterocycles. The minimum atomic E-state index is -0.550. The molecule has 0 saturated heterocycles. The van der Waals surface area contributed by atoms with Crippen molar-refractivity contribution in [3.8, 4) is 22.9 Å². The monoisotopic (exact) mass is 533 g/mol. The Hall–Kier alpha value is -3.90. The highest BCUT2D eigenvalue weighted by Crippen LogP contribution is 2.36. The number of aromatic nitrogens is 2. The quantitative estimate of drug-likeness (QED) is 0.339. The van der Waals surface area contributed by atoms with Gasteiger partial charge < -0.3 is 14.5 Å². The van der Waals surface area contributed by atoms with Gasteiger partial charge in [-0.3, -0.25) is 9.78 Å². The first-order valence-corrected chi connectivity index (χ1v) is 13.1. The van der Waals surface area contributed by atoms with Gasteiger partial charge in [-0.2, -0.15) is 9.65 Å². The van der Waals surface area contributed by atoms with Gasteiger partial charge in [0.1, 0.15) is 24.1 Å². The first kappa shape index (κ1) is 28.1. The molecule has 3 aromatic rings. The number of alkyl halides is 1. The number of hydrogen-bond acceptors (Lipinski definition) is 6. The first-order valence-electron chi connectivity index (χ1n) is 13.1. The molecule has 0 saturated carbocycles. The molecular formula is C30H33F2N5O2. The van der Waals surface area contributed by atoms with E-state index in [9.17, 15) is 18.8 Å². The van der Waals surface area contributed by atoms with Crippen LogP contribution in [-0.2, 0) is 12.8 Å². The van der Waals surface area contributed by atoms with E-state index in [1.165, 1.54) is 12.3 Å². The van der Waals surface area contributed by atoms with Gasteiger partial charge in [0.2, 0.25) is 5.95 Å². The molecule has 1 amide bonds. The third-order valence-electron chi connectivity index (χ3n) is 7.20. The fourth-order valence-corrected chi connectivity index (χ4v) is 5.02. The standard InChI is InChI=1S/C30H33F2N5O2/c1-5-39-28-16-27(34-18-22(28)17-33)20(3)37-12-9-24-25(23-6-7-29(32)35-19(23)2)14-21(15-26(24)30(37)38)8-11-36(4)13-10-31/h6-7,14-16,18,20H,5,8-13H2,1-4H3. The molecule has 1 atom stereocenters. The second-order valence-corrected chi connectivity index (χ2v) is 9.75. The summed E-state index contributed by atoms with van der Waals surface area (Å²) in [4.78, 5) is 26.1. The predicted octanol–water partition coefficient (Wildman–Crippen LogP) is 5.06. The van der Waals surface area contributed by atoms with Crippen molar-refractivity contribution < 1.29 is 18.3 Å². The van der Waals surface area contributed by atoms with Gasteiger partial charge in [0.05, 0.1) is 18.3 Å². The Morgan fingerprint density at radius 1 is 1.21 bits per heavy atom. The number of benzene rings is 1. The maximum Gasteiger partial charge on any atom is 0.254 e. The van der Waals surface area contributed by atoms with Gasteiger partial charge in [-0.05, 0) is 75.5 Å². The SMILES string of the molecule is CCOc1cc(C(C)N2CCc3c(cc(CCN(C)CCF)cc3-c3ccc(F)nc3C)C2=O)ncc1C#N. The number of nitriles is 1. The number of hydrogen-bond donors (Lipinski definition) is 0. The average Bonchev–Trinajstić information content (AvgIpc) is 2.92. The lowest BCUT2D eigenvalue weighted by molar-refractivity contribution is 0.0669. The maximum absolute atomic E-state index is 14.0.